The molecule has 0 radical (unpaired) electrons. The minimum absolute atomic E-state index is 0.0192. The zero-order valence-electron chi connectivity index (χ0n) is 20.5. The minimum atomic E-state index is -3.79. The third-order valence-corrected chi connectivity index (χ3v) is 8.47. The maximum Gasteiger partial charge on any atom is 0.264 e. The molecular weight excluding hydrogens is 434 g/mol. The highest BCUT2D eigenvalue weighted by atomic mass is 32.2. The van der Waals surface area contributed by atoms with E-state index in [4.69, 9.17) is 0 Å². The number of benzene rings is 2. The molecule has 1 aliphatic heterocycles. The van der Waals surface area contributed by atoms with Gasteiger partial charge in [-0.15, -0.1) is 0 Å². The molecular formula is C26H37N3O3S. The van der Waals surface area contributed by atoms with Crippen molar-refractivity contribution in [3.05, 3.63) is 59.7 Å². The quantitative estimate of drug-likeness (QED) is 0.578. The van der Waals surface area contributed by atoms with Gasteiger partial charge in [0.15, 0.2) is 0 Å². The molecule has 0 bridgehead atoms. The Hall–Kier alpha value is -2.38. The Bertz CT molecular complexity index is 1030. The average molecular weight is 472 g/mol. The topological polar surface area (TPSA) is 60.9 Å². The van der Waals surface area contributed by atoms with Crippen molar-refractivity contribution in [1.82, 2.24) is 9.80 Å². The molecule has 2 aromatic rings. The summed E-state index contributed by atoms with van der Waals surface area (Å²) in [6.45, 7) is 10.4. The van der Waals surface area contributed by atoms with Crippen LogP contribution in [0.1, 0.15) is 44.2 Å². The van der Waals surface area contributed by atoms with Crippen molar-refractivity contribution >= 4 is 21.6 Å². The average Bonchev–Trinajstić information content (AvgIpc) is 2.80. The zero-order chi connectivity index (χ0) is 24.2. The van der Waals surface area contributed by atoms with Crippen LogP contribution in [0.4, 0.5) is 5.69 Å². The van der Waals surface area contributed by atoms with Gasteiger partial charge in [0.1, 0.15) is 0 Å². The van der Waals surface area contributed by atoms with Crippen LogP contribution in [-0.4, -0.2) is 62.9 Å². The Morgan fingerprint density at radius 3 is 2.00 bits per heavy atom. The van der Waals surface area contributed by atoms with E-state index in [0.29, 0.717) is 11.7 Å². The van der Waals surface area contributed by atoms with Crippen molar-refractivity contribution < 1.29 is 13.2 Å². The number of hydrogen-bond acceptors (Lipinski definition) is 4. The molecule has 33 heavy (non-hydrogen) atoms. The van der Waals surface area contributed by atoms with Crippen LogP contribution in [0.25, 0.3) is 0 Å². The Labute approximate surface area is 199 Å². The van der Waals surface area contributed by atoms with Crippen LogP contribution in [0.15, 0.2) is 53.4 Å². The van der Waals surface area contributed by atoms with Crippen molar-refractivity contribution in [3.8, 4) is 0 Å². The molecule has 1 heterocycles. The summed E-state index contributed by atoms with van der Waals surface area (Å²) in [4.78, 5) is 17.5. The maximum atomic E-state index is 13.5. The van der Waals surface area contributed by atoms with Gasteiger partial charge in [-0.3, -0.25) is 9.10 Å². The molecule has 0 unspecified atom stereocenters. The Morgan fingerprint density at radius 2 is 1.48 bits per heavy atom. The molecule has 1 amide bonds. The second-order valence-corrected chi connectivity index (χ2v) is 11.2. The molecule has 0 aromatic heterocycles. The van der Waals surface area contributed by atoms with Crippen molar-refractivity contribution in [3.63, 3.8) is 0 Å². The van der Waals surface area contributed by atoms with Crippen molar-refractivity contribution in [1.29, 1.82) is 0 Å². The zero-order valence-corrected chi connectivity index (χ0v) is 21.3. The molecule has 7 heteroatoms. The van der Waals surface area contributed by atoms with Gasteiger partial charge >= 0.3 is 0 Å². The summed E-state index contributed by atoms with van der Waals surface area (Å²) in [5.41, 5.74) is 2.62. The van der Waals surface area contributed by atoms with E-state index in [1.807, 2.05) is 37.9 Å². The number of hydrogen-bond donors (Lipinski definition) is 0. The molecule has 3 rings (SSSR count). The number of likely N-dealkylation sites (tertiary alicyclic amines) is 1. The molecule has 0 aliphatic carbocycles. The second kappa shape index (κ2) is 10.7. The van der Waals surface area contributed by atoms with Gasteiger partial charge in [0, 0.05) is 45.2 Å². The molecule has 0 N–H and O–H groups in total. The maximum absolute atomic E-state index is 13.5. The fourth-order valence-corrected chi connectivity index (χ4v) is 5.77. The number of aryl methyl sites for hydroxylation is 2. The monoisotopic (exact) mass is 471 g/mol. The van der Waals surface area contributed by atoms with Crippen LogP contribution in [-0.2, 0) is 14.8 Å². The third-order valence-electron chi connectivity index (χ3n) is 6.63. The van der Waals surface area contributed by atoms with Gasteiger partial charge < -0.3 is 9.80 Å². The van der Waals surface area contributed by atoms with Crippen LogP contribution < -0.4 is 4.31 Å². The highest BCUT2D eigenvalue weighted by molar-refractivity contribution is 7.92. The SMILES string of the molecule is Cc1ccc(N(CCC(=O)N(C)C2CCN(C(C)C)CC2)S(=O)(=O)c2ccc(C)cc2)cc1. The lowest BCUT2D eigenvalue weighted by Crippen LogP contribution is -2.48. The van der Waals surface area contributed by atoms with Gasteiger partial charge in [0.05, 0.1) is 10.6 Å². The molecule has 2 aromatic carbocycles. The lowest BCUT2D eigenvalue weighted by Gasteiger charge is -2.38. The number of piperidine rings is 1. The first-order valence-corrected chi connectivity index (χ1v) is 13.2. The van der Waals surface area contributed by atoms with E-state index in [0.717, 1.165) is 37.1 Å². The van der Waals surface area contributed by atoms with Gasteiger partial charge in [0.25, 0.3) is 10.0 Å². The van der Waals surface area contributed by atoms with Gasteiger partial charge in [-0.1, -0.05) is 35.4 Å². The molecule has 1 saturated heterocycles. The van der Waals surface area contributed by atoms with E-state index in [1.165, 1.54) is 4.31 Å². The standard InChI is InChI=1S/C26H37N3O3S/c1-20(2)28-17-14-23(15-18-28)27(5)26(30)16-19-29(24-10-6-21(3)7-11-24)33(31,32)25-12-8-22(4)9-13-25/h6-13,20,23H,14-19H2,1-5H3. The normalized spacial score (nSPS) is 15.6. The van der Waals surface area contributed by atoms with E-state index in [2.05, 4.69) is 18.7 Å². The van der Waals surface area contributed by atoms with Gasteiger partial charge in [-0.2, -0.15) is 0 Å². The third kappa shape index (κ3) is 6.15. The van der Waals surface area contributed by atoms with Crippen molar-refractivity contribution in [2.45, 2.75) is 63.9 Å². The summed E-state index contributed by atoms with van der Waals surface area (Å²) in [7, 11) is -1.94. The second-order valence-electron chi connectivity index (χ2n) is 9.34. The summed E-state index contributed by atoms with van der Waals surface area (Å²) >= 11 is 0. The van der Waals surface area contributed by atoms with E-state index in [1.54, 1.807) is 36.4 Å². The number of carbonyl (C=O) groups is 1. The van der Waals surface area contributed by atoms with E-state index < -0.39 is 10.0 Å². The van der Waals surface area contributed by atoms with Crippen LogP contribution in [0.5, 0.6) is 0 Å². The smallest absolute Gasteiger partial charge is 0.264 e. The Kier molecular flexibility index (Phi) is 8.19. The largest absolute Gasteiger partial charge is 0.343 e. The lowest BCUT2D eigenvalue weighted by molar-refractivity contribution is -0.132. The van der Waals surface area contributed by atoms with Crippen LogP contribution in [0.2, 0.25) is 0 Å². The molecule has 6 nitrogen and oxygen atoms in total. The lowest BCUT2D eigenvalue weighted by atomic mass is 10.0. The molecule has 0 saturated carbocycles. The fourth-order valence-electron chi connectivity index (χ4n) is 4.30. The number of sulfonamides is 1. The number of anilines is 1. The first-order valence-electron chi connectivity index (χ1n) is 11.8. The van der Waals surface area contributed by atoms with E-state index in [9.17, 15) is 13.2 Å². The summed E-state index contributed by atoms with van der Waals surface area (Å²) in [5.74, 6) is -0.0192. The predicted octanol–water partition coefficient (Wildman–Crippen LogP) is 4.22. The Morgan fingerprint density at radius 1 is 0.970 bits per heavy atom. The molecule has 0 atom stereocenters. The number of amides is 1. The van der Waals surface area contributed by atoms with Crippen LogP contribution in [0, 0.1) is 13.8 Å². The van der Waals surface area contributed by atoms with Gasteiger partial charge in [-0.05, 0) is 64.8 Å². The van der Waals surface area contributed by atoms with E-state index >= 15 is 0 Å². The van der Waals surface area contributed by atoms with Gasteiger partial charge in [0.2, 0.25) is 5.91 Å². The van der Waals surface area contributed by atoms with E-state index in [-0.39, 0.29) is 29.8 Å². The summed E-state index contributed by atoms with van der Waals surface area (Å²) in [5, 5.41) is 0. The first-order chi connectivity index (χ1) is 15.6. The van der Waals surface area contributed by atoms with Crippen LogP contribution in [0.3, 0.4) is 0 Å². The summed E-state index contributed by atoms with van der Waals surface area (Å²) in [6.07, 6.45) is 2.04. The molecule has 1 fully saturated rings. The Balaban J connectivity index is 1.75. The fraction of sp³-hybridized carbons (Fsp3) is 0.500. The van der Waals surface area contributed by atoms with Crippen LogP contribution >= 0.6 is 0 Å². The number of carbonyl (C=O) groups excluding carboxylic acids is 1. The van der Waals surface area contributed by atoms with Crippen molar-refractivity contribution in [2.75, 3.05) is 31.0 Å². The first kappa shape index (κ1) is 25.2. The number of nitrogens with zero attached hydrogens (tertiary/aromatic N) is 3. The van der Waals surface area contributed by atoms with Crippen molar-refractivity contribution in [2.24, 2.45) is 0 Å². The molecule has 1 aliphatic rings. The highest BCUT2D eigenvalue weighted by Crippen LogP contribution is 2.25. The molecule has 180 valence electrons. The number of rotatable bonds is 8. The summed E-state index contributed by atoms with van der Waals surface area (Å²) < 4.78 is 28.4. The highest BCUT2D eigenvalue weighted by Gasteiger charge is 2.29. The predicted molar refractivity (Wildman–Crippen MR) is 134 cm³/mol. The van der Waals surface area contributed by atoms with Gasteiger partial charge in [-0.25, -0.2) is 8.42 Å². The molecule has 0 spiro atoms. The summed E-state index contributed by atoms with van der Waals surface area (Å²) in [6, 6.07) is 15.0. The minimum Gasteiger partial charge on any atom is -0.343 e.